The zero-order valence-electron chi connectivity index (χ0n) is 13.3. The molecule has 0 amide bonds. The Morgan fingerprint density at radius 2 is 1.55 bits per heavy atom. The summed E-state index contributed by atoms with van der Waals surface area (Å²) in [7, 11) is 0. The van der Waals surface area contributed by atoms with Crippen LogP contribution in [-0.4, -0.2) is 11.6 Å². The summed E-state index contributed by atoms with van der Waals surface area (Å²) in [4.78, 5) is 25.7. The predicted molar refractivity (Wildman–Crippen MR) is 87.8 cm³/mol. The number of rotatable bonds is 3. The van der Waals surface area contributed by atoms with Crippen molar-refractivity contribution in [2.75, 3.05) is 0 Å². The van der Waals surface area contributed by atoms with Crippen LogP contribution in [0.1, 0.15) is 76.1 Å². The second-order valence-electron chi connectivity index (χ2n) is 6.21. The summed E-state index contributed by atoms with van der Waals surface area (Å²) in [5.74, 6) is 0.301. The van der Waals surface area contributed by atoms with Crippen LogP contribution in [0, 0.1) is 0 Å². The molecule has 0 spiro atoms. The molecular formula is C20H20O2. The van der Waals surface area contributed by atoms with Crippen LogP contribution >= 0.6 is 0 Å². The van der Waals surface area contributed by atoms with E-state index in [0.717, 1.165) is 24.0 Å². The van der Waals surface area contributed by atoms with Crippen LogP contribution in [0.3, 0.4) is 0 Å². The highest BCUT2D eigenvalue weighted by Gasteiger charge is 2.31. The fraction of sp³-hybridized carbons (Fsp3) is 0.300. The zero-order chi connectivity index (χ0) is 15.9. The van der Waals surface area contributed by atoms with E-state index in [1.165, 1.54) is 0 Å². The summed E-state index contributed by atoms with van der Waals surface area (Å²) < 4.78 is 0. The number of carbonyl (C=O) groups excluding carboxylic acids is 2. The highest BCUT2D eigenvalue weighted by molar-refractivity contribution is 6.28. The van der Waals surface area contributed by atoms with Gasteiger partial charge in [0.2, 0.25) is 0 Å². The lowest BCUT2D eigenvalue weighted by Gasteiger charge is -2.22. The second-order valence-corrected chi connectivity index (χ2v) is 6.21. The number of ketones is 2. The van der Waals surface area contributed by atoms with Gasteiger partial charge in [-0.1, -0.05) is 57.5 Å². The van der Waals surface area contributed by atoms with Gasteiger partial charge in [-0.15, -0.1) is 0 Å². The van der Waals surface area contributed by atoms with E-state index < -0.39 is 0 Å². The Labute approximate surface area is 131 Å². The largest absolute Gasteiger partial charge is 0.289 e. The number of hydrogen-bond donors (Lipinski definition) is 0. The fourth-order valence-electron chi connectivity index (χ4n) is 3.13. The number of hydrogen-bond acceptors (Lipinski definition) is 2. The van der Waals surface area contributed by atoms with Gasteiger partial charge in [-0.05, 0) is 29.5 Å². The maximum absolute atomic E-state index is 12.9. The molecule has 0 saturated carbocycles. The van der Waals surface area contributed by atoms with Crippen molar-refractivity contribution >= 4 is 11.6 Å². The Hall–Kier alpha value is -2.22. The molecule has 2 aromatic carbocycles. The molecule has 0 unspecified atom stereocenters. The maximum Gasteiger partial charge on any atom is 0.194 e. The minimum atomic E-state index is -0.0231. The SMILES string of the molecule is CCCc1cc(C(C)C)cc2c1C(=O)c1ccccc1C2=O. The summed E-state index contributed by atoms with van der Waals surface area (Å²) in [6.07, 6.45) is 1.78. The van der Waals surface area contributed by atoms with Gasteiger partial charge in [0.05, 0.1) is 0 Å². The average Bonchev–Trinajstić information content (AvgIpc) is 2.52. The van der Waals surface area contributed by atoms with Crippen molar-refractivity contribution in [1.29, 1.82) is 0 Å². The highest BCUT2D eigenvalue weighted by Crippen LogP contribution is 2.32. The Bertz CT molecular complexity index is 769. The molecule has 1 aliphatic rings. The molecule has 0 saturated heterocycles. The van der Waals surface area contributed by atoms with E-state index in [-0.39, 0.29) is 11.6 Å². The normalized spacial score (nSPS) is 13.3. The summed E-state index contributed by atoms with van der Waals surface area (Å²) in [5.41, 5.74) is 4.41. The summed E-state index contributed by atoms with van der Waals surface area (Å²) in [6, 6.07) is 11.2. The third-order valence-corrected chi connectivity index (χ3v) is 4.32. The topological polar surface area (TPSA) is 34.1 Å². The molecule has 0 N–H and O–H groups in total. The Morgan fingerprint density at radius 1 is 0.909 bits per heavy atom. The minimum Gasteiger partial charge on any atom is -0.289 e. The summed E-state index contributed by atoms with van der Waals surface area (Å²) in [6.45, 7) is 6.32. The molecule has 0 heterocycles. The Morgan fingerprint density at radius 3 is 2.14 bits per heavy atom. The second kappa shape index (κ2) is 5.53. The van der Waals surface area contributed by atoms with Gasteiger partial charge in [-0.25, -0.2) is 0 Å². The van der Waals surface area contributed by atoms with Crippen LogP contribution in [0.15, 0.2) is 36.4 Å². The molecule has 3 rings (SSSR count). The average molecular weight is 292 g/mol. The first-order chi connectivity index (χ1) is 10.5. The monoisotopic (exact) mass is 292 g/mol. The van der Waals surface area contributed by atoms with Gasteiger partial charge in [0.15, 0.2) is 11.6 Å². The van der Waals surface area contributed by atoms with E-state index in [9.17, 15) is 9.59 Å². The van der Waals surface area contributed by atoms with Crippen LogP contribution in [-0.2, 0) is 6.42 Å². The number of fused-ring (bicyclic) bond motifs is 2. The maximum atomic E-state index is 12.9. The molecule has 2 aromatic rings. The summed E-state index contributed by atoms with van der Waals surface area (Å²) >= 11 is 0. The molecule has 2 nitrogen and oxygen atoms in total. The molecule has 0 aliphatic heterocycles. The first-order valence-electron chi connectivity index (χ1n) is 7.89. The van der Waals surface area contributed by atoms with E-state index in [0.29, 0.717) is 28.2 Å². The van der Waals surface area contributed by atoms with Gasteiger partial charge in [0.25, 0.3) is 0 Å². The van der Waals surface area contributed by atoms with Crippen LogP contribution in [0.4, 0.5) is 0 Å². The zero-order valence-corrected chi connectivity index (χ0v) is 13.3. The van der Waals surface area contributed by atoms with Gasteiger partial charge in [-0.3, -0.25) is 9.59 Å². The van der Waals surface area contributed by atoms with E-state index in [2.05, 4.69) is 26.8 Å². The van der Waals surface area contributed by atoms with Crippen molar-refractivity contribution in [3.05, 3.63) is 69.8 Å². The van der Waals surface area contributed by atoms with Crippen LogP contribution in [0.2, 0.25) is 0 Å². The van der Waals surface area contributed by atoms with Crippen molar-refractivity contribution < 1.29 is 9.59 Å². The Balaban J connectivity index is 2.29. The number of carbonyl (C=O) groups is 2. The van der Waals surface area contributed by atoms with Gasteiger partial charge in [0, 0.05) is 22.3 Å². The molecule has 0 radical (unpaired) electrons. The fourth-order valence-corrected chi connectivity index (χ4v) is 3.13. The first kappa shape index (κ1) is 14.7. The molecule has 2 heteroatoms. The molecule has 112 valence electrons. The third-order valence-electron chi connectivity index (χ3n) is 4.32. The van der Waals surface area contributed by atoms with Gasteiger partial charge in [0.1, 0.15) is 0 Å². The van der Waals surface area contributed by atoms with Gasteiger partial charge < -0.3 is 0 Å². The molecule has 1 aliphatic carbocycles. The molecule has 0 aromatic heterocycles. The standard InChI is InChI=1S/C20H20O2/c1-4-7-13-10-14(12(2)3)11-17-18(13)20(22)16-9-6-5-8-15(16)19(17)21/h5-6,8-12H,4,7H2,1-3H3. The number of benzene rings is 2. The lowest BCUT2D eigenvalue weighted by atomic mass is 9.79. The van der Waals surface area contributed by atoms with Crippen molar-refractivity contribution in [1.82, 2.24) is 0 Å². The van der Waals surface area contributed by atoms with Crippen molar-refractivity contribution in [2.45, 2.75) is 39.5 Å². The quantitative estimate of drug-likeness (QED) is 0.710. The summed E-state index contributed by atoms with van der Waals surface area (Å²) in [5, 5.41) is 0. The lowest BCUT2D eigenvalue weighted by molar-refractivity contribution is 0.0978. The van der Waals surface area contributed by atoms with Crippen molar-refractivity contribution in [3.8, 4) is 0 Å². The highest BCUT2D eigenvalue weighted by atomic mass is 16.1. The third kappa shape index (κ3) is 2.19. The molecule has 0 fully saturated rings. The van der Waals surface area contributed by atoms with Crippen LogP contribution < -0.4 is 0 Å². The van der Waals surface area contributed by atoms with Crippen molar-refractivity contribution in [3.63, 3.8) is 0 Å². The molecule has 22 heavy (non-hydrogen) atoms. The van der Waals surface area contributed by atoms with E-state index >= 15 is 0 Å². The van der Waals surface area contributed by atoms with Gasteiger partial charge in [-0.2, -0.15) is 0 Å². The Kier molecular flexibility index (Phi) is 3.69. The van der Waals surface area contributed by atoms with Crippen LogP contribution in [0.5, 0.6) is 0 Å². The minimum absolute atomic E-state index is 0.0102. The van der Waals surface area contributed by atoms with Gasteiger partial charge >= 0.3 is 0 Å². The first-order valence-corrected chi connectivity index (χ1v) is 7.89. The number of aryl methyl sites for hydroxylation is 1. The molecule has 0 atom stereocenters. The smallest absolute Gasteiger partial charge is 0.194 e. The van der Waals surface area contributed by atoms with E-state index in [1.807, 2.05) is 18.2 Å². The van der Waals surface area contributed by atoms with E-state index in [1.54, 1.807) is 12.1 Å². The van der Waals surface area contributed by atoms with Crippen molar-refractivity contribution in [2.24, 2.45) is 0 Å². The lowest BCUT2D eigenvalue weighted by Crippen LogP contribution is -2.23. The van der Waals surface area contributed by atoms with Crippen LogP contribution in [0.25, 0.3) is 0 Å². The molecule has 0 bridgehead atoms. The molecular weight excluding hydrogens is 272 g/mol. The predicted octanol–water partition coefficient (Wildman–Crippen LogP) is 4.54. The van der Waals surface area contributed by atoms with E-state index in [4.69, 9.17) is 0 Å².